The van der Waals surface area contributed by atoms with Gasteiger partial charge in [-0.1, -0.05) is 11.6 Å². The molecule has 1 aliphatic rings. The lowest BCUT2D eigenvalue weighted by Crippen LogP contribution is -1.94. The molecule has 116 valence electrons. The van der Waals surface area contributed by atoms with Gasteiger partial charge in [-0.05, 0) is 42.5 Å². The number of nitrogens with zero attached hydrogens (tertiary/aromatic N) is 3. The molecule has 23 heavy (non-hydrogen) atoms. The first kappa shape index (κ1) is 14.1. The molecule has 3 aromatic rings. The third-order valence-corrected chi connectivity index (χ3v) is 4.13. The second-order valence-corrected chi connectivity index (χ2v) is 6.03. The highest BCUT2D eigenvalue weighted by Gasteiger charge is 2.23. The normalized spacial score (nSPS) is 14.0. The van der Waals surface area contributed by atoms with E-state index in [9.17, 15) is 0 Å². The summed E-state index contributed by atoms with van der Waals surface area (Å²) in [7, 11) is 0. The zero-order chi connectivity index (χ0) is 15.8. The molecule has 0 spiro atoms. The summed E-state index contributed by atoms with van der Waals surface area (Å²) < 4.78 is 7.60. The molecule has 0 aliphatic heterocycles. The maximum atomic E-state index is 6.34. The maximum absolute atomic E-state index is 6.34. The smallest absolute Gasteiger partial charge is 0.219 e. The van der Waals surface area contributed by atoms with Crippen LogP contribution in [0.3, 0.4) is 0 Å². The summed E-state index contributed by atoms with van der Waals surface area (Å²) in [6.45, 7) is 0. The van der Waals surface area contributed by atoms with Crippen LogP contribution in [0.1, 0.15) is 24.3 Å². The number of halogens is 1. The van der Waals surface area contributed by atoms with E-state index in [2.05, 4.69) is 9.97 Å². The summed E-state index contributed by atoms with van der Waals surface area (Å²) in [4.78, 5) is 8.26. The van der Waals surface area contributed by atoms with E-state index in [0.29, 0.717) is 28.4 Å². The fourth-order valence-electron chi connectivity index (χ4n) is 2.50. The van der Waals surface area contributed by atoms with E-state index in [1.807, 2.05) is 24.3 Å². The first-order chi connectivity index (χ1) is 11.2. The number of rotatable bonds is 4. The molecule has 1 saturated carbocycles. The Bertz CT molecular complexity index is 857. The highest BCUT2D eigenvalue weighted by Crippen LogP contribution is 2.41. The molecule has 2 N–H and O–H groups in total. The van der Waals surface area contributed by atoms with Gasteiger partial charge in [0.1, 0.15) is 17.9 Å². The van der Waals surface area contributed by atoms with Crippen molar-refractivity contribution in [1.29, 1.82) is 0 Å². The molecule has 4 rings (SSSR count). The summed E-state index contributed by atoms with van der Waals surface area (Å²) >= 11 is 6.34. The summed E-state index contributed by atoms with van der Waals surface area (Å²) in [5, 5.41) is 0.554. The third-order valence-electron chi connectivity index (χ3n) is 3.83. The number of hydrogen-bond donors (Lipinski definition) is 1. The van der Waals surface area contributed by atoms with Crippen LogP contribution in [0.25, 0.3) is 5.69 Å². The van der Waals surface area contributed by atoms with E-state index < -0.39 is 0 Å². The van der Waals surface area contributed by atoms with Gasteiger partial charge in [0.2, 0.25) is 5.88 Å². The number of nitrogen functional groups attached to an aromatic ring is 1. The average molecular weight is 327 g/mol. The largest absolute Gasteiger partial charge is 0.439 e. The fourth-order valence-corrected chi connectivity index (χ4v) is 2.77. The van der Waals surface area contributed by atoms with Crippen molar-refractivity contribution in [3.63, 3.8) is 0 Å². The molecule has 1 aliphatic carbocycles. The first-order valence-electron chi connectivity index (χ1n) is 7.42. The molecule has 1 aromatic carbocycles. The molecule has 1 fully saturated rings. The Hall–Kier alpha value is -2.53. The van der Waals surface area contributed by atoms with E-state index in [4.69, 9.17) is 22.1 Å². The number of aromatic nitrogens is 3. The van der Waals surface area contributed by atoms with Crippen LogP contribution < -0.4 is 10.5 Å². The zero-order valence-electron chi connectivity index (χ0n) is 12.3. The predicted octanol–water partition coefficient (Wildman–Crippen LogP) is 4.17. The van der Waals surface area contributed by atoms with Gasteiger partial charge in [0.05, 0.1) is 16.9 Å². The van der Waals surface area contributed by atoms with Crippen molar-refractivity contribution in [3.8, 4) is 17.3 Å². The van der Waals surface area contributed by atoms with Crippen molar-refractivity contribution >= 4 is 17.4 Å². The molecule has 2 heterocycles. The molecule has 0 saturated heterocycles. The second kappa shape index (κ2) is 5.59. The second-order valence-electron chi connectivity index (χ2n) is 5.62. The standard InChI is InChI=1S/C17H15ClN4O/c18-14-8-13(3-4-15(14)22-9-16(19)21-10-22)23-17-7-12(5-6-20-17)11-1-2-11/h3-11H,1-2,19H2. The van der Waals surface area contributed by atoms with Crippen LogP contribution in [0.5, 0.6) is 11.6 Å². The molecule has 6 heteroatoms. The summed E-state index contributed by atoms with van der Waals surface area (Å²) in [6.07, 6.45) is 7.61. The summed E-state index contributed by atoms with van der Waals surface area (Å²) in [5.74, 6) is 2.35. The van der Waals surface area contributed by atoms with Gasteiger partial charge in [0.25, 0.3) is 0 Å². The fraction of sp³-hybridized carbons (Fsp3) is 0.176. The highest BCUT2D eigenvalue weighted by atomic mass is 35.5. The number of nitrogens with two attached hydrogens (primary N) is 1. The van der Waals surface area contributed by atoms with E-state index in [1.165, 1.54) is 18.4 Å². The van der Waals surface area contributed by atoms with Crippen molar-refractivity contribution in [1.82, 2.24) is 14.5 Å². The van der Waals surface area contributed by atoms with E-state index >= 15 is 0 Å². The maximum Gasteiger partial charge on any atom is 0.219 e. The van der Waals surface area contributed by atoms with Crippen molar-refractivity contribution in [2.24, 2.45) is 0 Å². The molecule has 0 atom stereocenters. The lowest BCUT2D eigenvalue weighted by atomic mass is 10.2. The van der Waals surface area contributed by atoms with Crippen LogP contribution in [0.2, 0.25) is 5.02 Å². The lowest BCUT2D eigenvalue weighted by molar-refractivity contribution is 0.462. The van der Waals surface area contributed by atoms with Gasteiger partial charge in [-0.3, -0.25) is 0 Å². The van der Waals surface area contributed by atoms with Crippen molar-refractivity contribution in [2.45, 2.75) is 18.8 Å². The van der Waals surface area contributed by atoms with Crippen molar-refractivity contribution in [2.75, 3.05) is 5.73 Å². The minimum atomic E-state index is 0.447. The number of benzene rings is 1. The van der Waals surface area contributed by atoms with E-state index in [0.717, 1.165) is 5.69 Å². The van der Waals surface area contributed by atoms with E-state index in [-0.39, 0.29) is 0 Å². The van der Waals surface area contributed by atoms with Crippen molar-refractivity contribution < 1.29 is 4.74 Å². The molecular formula is C17H15ClN4O. The molecular weight excluding hydrogens is 312 g/mol. The summed E-state index contributed by atoms with van der Waals surface area (Å²) in [5.41, 5.74) is 7.71. The monoisotopic (exact) mass is 326 g/mol. The van der Waals surface area contributed by atoms with Crippen LogP contribution in [0.15, 0.2) is 49.1 Å². The quantitative estimate of drug-likeness (QED) is 0.781. The minimum Gasteiger partial charge on any atom is -0.439 e. The lowest BCUT2D eigenvalue weighted by Gasteiger charge is -2.09. The van der Waals surface area contributed by atoms with Gasteiger partial charge in [-0.2, -0.15) is 0 Å². The number of hydrogen-bond acceptors (Lipinski definition) is 4. The molecule has 2 aromatic heterocycles. The molecule has 0 radical (unpaired) electrons. The highest BCUT2D eigenvalue weighted by molar-refractivity contribution is 6.32. The molecule has 0 amide bonds. The third kappa shape index (κ3) is 3.00. The van der Waals surface area contributed by atoms with Crippen molar-refractivity contribution in [3.05, 3.63) is 59.6 Å². The Balaban J connectivity index is 1.58. The van der Waals surface area contributed by atoms with Gasteiger partial charge in [0, 0.05) is 18.3 Å². The number of pyridine rings is 1. The Morgan fingerprint density at radius 2 is 2.04 bits per heavy atom. The Morgan fingerprint density at radius 1 is 1.17 bits per heavy atom. The van der Waals surface area contributed by atoms with Gasteiger partial charge >= 0.3 is 0 Å². The zero-order valence-corrected chi connectivity index (χ0v) is 13.1. The van der Waals surface area contributed by atoms with Crippen LogP contribution in [0, 0.1) is 0 Å². The van der Waals surface area contributed by atoms with Crippen LogP contribution >= 0.6 is 11.6 Å². The number of ether oxygens (including phenoxy) is 1. The number of anilines is 1. The van der Waals surface area contributed by atoms with Gasteiger partial charge in [-0.15, -0.1) is 0 Å². The van der Waals surface area contributed by atoms with Crippen LogP contribution in [-0.2, 0) is 0 Å². The first-order valence-corrected chi connectivity index (χ1v) is 7.80. The topological polar surface area (TPSA) is 66.0 Å². The van der Waals surface area contributed by atoms with Crippen LogP contribution in [0.4, 0.5) is 5.82 Å². The SMILES string of the molecule is Nc1cn(-c2ccc(Oc3cc(C4CC4)ccn3)cc2Cl)cn1. The predicted molar refractivity (Wildman–Crippen MR) is 89.3 cm³/mol. The molecule has 0 unspecified atom stereocenters. The Kier molecular flexibility index (Phi) is 3.42. The van der Waals surface area contributed by atoms with Crippen LogP contribution in [-0.4, -0.2) is 14.5 Å². The van der Waals surface area contributed by atoms with Gasteiger partial charge in [0.15, 0.2) is 0 Å². The van der Waals surface area contributed by atoms with E-state index in [1.54, 1.807) is 29.4 Å². The molecule has 5 nitrogen and oxygen atoms in total. The average Bonchev–Trinajstić information content (AvgIpc) is 3.30. The number of imidazole rings is 1. The summed E-state index contributed by atoms with van der Waals surface area (Å²) in [6, 6.07) is 9.52. The van der Waals surface area contributed by atoms with Gasteiger partial charge < -0.3 is 15.0 Å². The van der Waals surface area contributed by atoms with Gasteiger partial charge in [-0.25, -0.2) is 9.97 Å². The minimum absolute atomic E-state index is 0.447. The molecule has 0 bridgehead atoms. The Labute approximate surface area is 138 Å². The Morgan fingerprint density at radius 3 is 2.74 bits per heavy atom.